The molecule has 1 N–H and O–H groups in total. The second kappa shape index (κ2) is 7.62. The number of rotatable bonds is 5. The van der Waals surface area contributed by atoms with Crippen LogP contribution in [0, 0.1) is 0 Å². The van der Waals surface area contributed by atoms with Gasteiger partial charge >= 0.3 is 0 Å². The third-order valence-corrected chi connectivity index (χ3v) is 5.30. The fraction of sp³-hybridized carbons (Fsp3) is 0.190. The Kier molecular flexibility index (Phi) is 4.88. The number of hydrogen-bond donors (Lipinski definition) is 1. The summed E-state index contributed by atoms with van der Waals surface area (Å²) in [5.41, 5.74) is 3.56. The monoisotopic (exact) mass is 363 g/mol. The fourth-order valence-electron chi connectivity index (χ4n) is 3.13. The Morgan fingerprint density at radius 3 is 2.77 bits per heavy atom. The number of guanidine groups is 1. The number of anilines is 1. The van der Waals surface area contributed by atoms with E-state index in [1.54, 1.807) is 18.4 Å². The predicted octanol–water partition coefficient (Wildman–Crippen LogP) is 4.74. The molecule has 3 aromatic rings. The van der Waals surface area contributed by atoms with Crippen LogP contribution in [0.15, 0.2) is 71.0 Å². The van der Waals surface area contributed by atoms with Crippen molar-refractivity contribution in [3.05, 3.63) is 82.0 Å². The normalized spacial score (nSPS) is 14.8. The van der Waals surface area contributed by atoms with Crippen LogP contribution in [0.3, 0.4) is 0 Å². The van der Waals surface area contributed by atoms with Crippen molar-refractivity contribution in [1.82, 2.24) is 4.90 Å². The van der Waals surface area contributed by atoms with Gasteiger partial charge in [0.2, 0.25) is 0 Å². The summed E-state index contributed by atoms with van der Waals surface area (Å²) in [5.74, 6) is 1.81. The first-order valence-corrected chi connectivity index (χ1v) is 9.50. The van der Waals surface area contributed by atoms with Crippen LogP contribution in [-0.2, 0) is 19.6 Å². The van der Waals surface area contributed by atoms with Crippen LogP contribution in [0.1, 0.15) is 16.0 Å². The van der Waals surface area contributed by atoms with Crippen molar-refractivity contribution in [2.24, 2.45) is 4.99 Å². The Hall–Kier alpha value is -2.79. The van der Waals surface area contributed by atoms with Gasteiger partial charge in [-0.1, -0.05) is 42.5 Å². The lowest BCUT2D eigenvalue weighted by atomic mass is 10.1. The van der Waals surface area contributed by atoms with Gasteiger partial charge in [0.1, 0.15) is 5.75 Å². The van der Waals surface area contributed by atoms with Gasteiger partial charge in [-0.2, -0.15) is 0 Å². The standard InChI is InChI=1S/C21H21N3OS/c1-25-20-11-5-3-8-17(20)15-24-14-16-7-2-4-10-19(16)23-21(24)22-13-18-9-6-12-26-18/h2-12H,13-15H2,1H3,(H,22,23). The lowest BCUT2D eigenvalue weighted by Gasteiger charge is -2.33. The Morgan fingerprint density at radius 2 is 1.92 bits per heavy atom. The van der Waals surface area contributed by atoms with Gasteiger partial charge in [0.05, 0.1) is 13.7 Å². The molecule has 2 aromatic carbocycles. The highest BCUT2D eigenvalue weighted by Crippen LogP contribution is 2.27. The molecular weight excluding hydrogens is 342 g/mol. The minimum Gasteiger partial charge on any atom is -0.496 e. The molecule has 0 atom stereocenters. The third kappa shape index (κ3) is 3.58. The summed E-state index contributed by atoms with van der Waals surface area (Å²) in [6.45, 7) is 2.25. The Morgan fingerprint density at radius 1 is 1.08 bits per heavy atom. The number of methoxy groups -OCH3 is 1. The summed E-state index contributed by atoms with van der Waals surface area (Å²) < 4.78 is 5.53. The summed E-state index contributed by atoms with van der Waals surface area (Å²) in [4.78, 5) is 8.39. The molecule has 2 heterocycles. The van der Waals surface area contributed by atoms with E-state index in [0.717, 1.165) is 36.0 Å². The van der Waals surface area contributed by atoms with Gasteiger partial charge in [0.15, 0.2) is 5.96 Å². The summed E-state index contributed by atoms with van der Waals surface area (Å²) in [5, 5.41) is 5.60. The quantitative estimate of drug-likeness (QED) is 0.711. The molecule has 0 amide bonds. The number of hydrogen-bond acceptors (Lipinski definition) is 3. The van der Waals surface area contributed by atoms with E-state index in [0.29, 0.717) is 6.54 Å². The number of benzene rings is 2. The maximum atomic E-state index is 5.53. The average molecular weight is 363 g/mol. The molecular formula is C21H21N3OS. The maximum absolute atomic E-state index is 5.53. The Labute approximate surface area is 157 Å². The number of fused-ring (bicyclic) bond motifs is 1. The van der Waals surface area contributed by atoms with Crippen molar-refractivity contribution in [3.8, 4) is 5.75 Å². The molecule has 0 saturated heterocycles. The SMILES string of the molecule is COc1ccccc1CN1Cc2ccccc2NC1=NCc1cccs1. The molecule has 5 heteroatoms. The lowest BCUT2D eigenvalue weighted by Crippen LogP contribution is -2.39. The Bertz CT molecular complexity index is 905. The van der Waals surface area contributed by atoms with Crippen LogP contribution in [0.2, 0.25) is 0 Å². The highest BCUT2D eigenvalue weighted by atomic mass is 32.1. The van der Waals surface area contributed by atoms with Crippen LogP contribution in [0.4, 0.5) is 5.69 Å². The number of aliphatic imine (C=N–C) groups is 1. The molecule has 0 aliphatic carbocycles. The second-order valence-corrected chi connectivity index (χ2v) is 7.20. The van der Waals surface area contributed by atoms with Gasteiger partial charge < -0.3 is 15.0 Å². The molecule has 1 aromatic heterocycles. The van der Waals surface area contributed by atoms with E-state index in [-0.39, 0.29) is 0 Å². The van der Waals surface area contributed by atoms with Crippen molar-refractivity contribution < 1.29 is 4.74 Å². The molecule has 0 bridgehead atoms. The van der Waals surface area contributed by atoms with Crippen molar-refractivity contribution in [3.63, 3.8) is 0 Å². The molecule has 26 heavy (non-hydrogen) atoms. The number of thiophene rings is 1. The highest BCUT2D eigenvalue weighted by molar-refractivity contribution is 7.09. The van der Waals surface area contributed by atoms with Gasteiger partial charge in [0.25, 0.3) is 0 Å². The molecule has 4 rings (SSSR count). The largest absolute Gasteiger partial charge is 0.496 e. The highest BCUT2D eigenvalue weighted by Gasteiger charge is 2.21. The second-order valence-electron chi connectivity index (χ2n) is 6.17. The van der Waals surface area contributed by atoms with E-state index in [1.165, 1.54) is 10.4 Å². The van der Waals surface area contributed by atoms with Crippen LogP contribution in [-0.4, -0.2) is 18.0 Å². The summed E-state index contributed by atoms with van der Waals surface area (Å²) in [6, 6.07) is 20.7. The zero-order valence-electron chi connectivity index (χ0n) is 14.7. The predicted molar refractivity (Wildman–Crippen MR) is 108 cm³/mol. The first kappa shape index (κ1) is 16.7. The average Bonchev–Trinajstić information content (AvgIpc) is 3.20. The molecule has 1 aliphatic heterocycles. The van der Waals surface area contributed by atoms with E-state index in [2.05, 4.69) is 58.1 Å². The van der Waals surface area contributed by atoms with Crippen molar-refractivity contribution in [1.29, 1.82) is 0 Å². The van der Waals surface area contributed by atoms with Crippen molar-refractivity contribution >= 4 is 23.0 Å². The van der Waals surface area contributed by atoms with E-state index in [1.807, 2.05) is 18.2 Å². The van der Waals surface area contributed by atoms with Gasteiger partial charge in [-0.15, -0.1) is 11.3 Å². The van der Waals surface area contributed by atoms with Crippen molar-refractivity contribution in [2.75, 3.05) is 12.4 Å². The van der Waals surface area contributed by atoms with Gasteiger partial charge in [-0.05, 0) is 29.1 Å². The fourth-order valence-corrected chi connectivity index (χ4v) is 3.75. The van der Waals surface area contributed by atoms with E-state index in [4.69, 9.17) is 9.73 Å². The van der Waals surface area contributed by atoms with E-state index in [9.17, 15) is 0 Å². The third-order valence-electron chi connectivity index (χ3n) is 4.44. The minimum atomic E-state index is 0.685. The van der Waals surface area contributed by atoms with Crippen LogP contribution in [0.25, 0.3) is 0 Å². The van der Waals surface area contributed by atoms with Gasteiger partial charge in [0, 0.05) is 29.2 Å². The molecule has 0 radical (unpaired) electrons. The van der Waals surface area contributed by atoms with Crippen molar-refractivity contribution in [2.45, 2.75) is 19.6 Å². The van der Waals surface area contributed by atoms with E-state index >= 15 is 0 Å². The first-order chi connectivity index (χ1) is 12.8. The molecule has 1 aliphatic rings. The molecule has 0 saturated carbocycles. The molecule has 0 fully saturated rings. The Balaban J connectivity index is 1.63. The first-order valence-electron chi connectivity index (χ1n) is 8.62. The van der Waals surface area contributed by atoms with E-state index < -0.39 is 0 Å². The zero-order valence-corrected chi connectivity index (χ0v) is 15.5. The number of ether oxygens (including phenoxy) is 1. The number of nitrogens with zero attached hydrogens (tertiary/aromatic N) is 2. The minimum absolute atomic E-state index is 0.685. The summed E-state index contributed by atoms with van der Waals surface area (Å²) in [7, 11) is 1.72. The maximum Gasteiger partial charge on any atom is 0.199 e. The van der Waals surface area contributed by atoms with Crippen LogP contribution in [0.5, 0.6) is 5.75 Å². The smallest absolute Gasteiger partial charge is 0.199 e. The van der Waals surface area contributed by atoms with Crippen LogP contribution >= 0.6 is 11.3 Å². The zero-order chi connectivity index (χ0) is 17.8. The lowest BCUT2D eigenvalue weighted by molar-refractivity contribution is 0.371. The molecule has 4 nitrogen and oxygen atoms in total. The summed E-state index contributed by atoms with van der Waals surface area (Å²) >= 11 is 1.74. The topological polar surface area (TPSA) is 36.9 Å². The number of nitrogens with one attached hydrogen (secondary N) is 1. The van der Waals surface area contributed by atoms with Gasteiger partial charge in [-0.3, -0.25) is 0 Å². The summed E-state index contributed by atoms with van der Waals surface area (Å²) in [6.07, 6.45) is 0. The van der Waals surface area contributed by atoms with Gasteiger partial charge in [-0.25, -0.2) is 4.99 Å². The molecule has 132 valence electrons. The number of para-hydroxylation sites is 2. The molecule has 0 unspecified atom stereocenters. The molecule has 0 spiro atoms. The van der Waals surface area contributed by atoms with Crippen LogP contribution < -0.4 is 10.1 Å².